The van der Waals surface area contributed by atoms with Crippen LogP contribution < -0.4 is 0 Å². The highest BCUT2D eigenvalue weighted by atomic mass is 79.9. The molecule has 7 heteroatoms. The third-order valence-electron chi connectivity index (χ3n) is 2.56. The van der Waals surface area contributed by atoms with Gasteiger partial charge in [0.25, 0.3) is 0 Å². The van der Waals surface area contributed by atoms with Gasteiger partial charge in [-0.15, -0.1) is 0 Å². The lowest BCUT2D eigenvalue weighted by Crippen LogP contribution is -2.22. The Morgan fingerprint density at radius 3 is 2.55 bits per heavy atom. The Kier molecular flexibility index (Phi) is 6.67. The van der Waals surface area contributed by atoms with Gasteiger partial charge in [0, 0.05) is 17.1 Å². The summed E-state index contributed by atoms with van der Waals surface area (Å²) in [7, 11) is 1.28. The van der Waals surface area contributed by atoms with Gasteiger partial charge in [-0.25, -0.2) is 4.79 Å². The van der Waals surface area contributed by atoms with Gasteiger partial charge in [0.05, 0.1) is 18.8 Å². The number of aliphatic hydroxyl groups excluding tert-OH is 2. The summed E-state index contributed by atoms with van der Waals surface area (Å²) in [5, 5.41) is 19.8. The molecule has 0 aliphatic heterocycles. The number of hydrogen-bond acceptors (Lipinski definition) is 6. The summed E-state index contributed by atoms with van der Waals surface area (Å²) in [6.45, 7) is 1.39. The predicted octanol–water partition coefficient (Wildman–Crippen LogP) is 1.91. The highest BCUT2D eigenvalue weighted by molar-refractivity contribution is 9.10. The Morgan fingerprint density at radius 1 is 1.40 bits per heavy atom. The first-order valence-electron chi connectivity index (χ1n) is 5.74. The number of thioether (sulfide) groups is 1. The number of hydrogen-bond donors (Lipinski definition) is 2. The third kappa shape index (κ3) is 4.59. The summed E-state index contributed by atoms with van der Waals surface area (Å²) in [5.74, 6) is -0.388. The first-order chi connectivity index (χ1) is 9.36. The van der Waals surface area contributed by atoms with Crippen LogP contribution in [0.1, 0.15) is 28.9 Å². The second-order valence-electron chi connectivity index (χ2n) is 4.04. The van der Waals surface area contributed by atoms with E-state index in [2.05, 4.69) is 20.7 Å². The zero-order valence-electron chi connectivity index (χ0n) is 11.0. The molecule has 1 aromatic carbocycles. The van der Waals surface area contributed by atoms with Gasteiger partial charge in [-0.05, 0) is 17.7 Å². The minimum atomic E-state index is -1.15. The SMILES string of the molecule is COC(=O)c1ccc(C(O)C(O)CSC(C)=O)c(Br)c1. The quantitative estimate of drug-likeness (QED) is 0.778. The molecule has 5 nitrogen and oxygen atoms in total. The van der Waals surface area contributed by atoms with Crippen molar-refractivity contribution in [1.29, 1.82) is 0 Å². The van der Waals surface area contributed by atoms with Gasteiger partial charge in [0.1, 0.15) is 6.10 Å². The molecular formula is C13H15BrO5S. The standard InChI is InChI=1S/C13H15BrO5S/c1-7(15)20-6-11(16)12(17)9-4-3-8(5-10(9)14)13(18)19-2/h3-5,11-12,16-17H,6H2,1-2H3. The van der Waals surface area contributed by atoms with Gasteiger partial charge in [0.2, 0.25) is 0 Å². The maximum atomic E-state index is 11.4. The molecule has 2 unspecified atom stereocenters. The molecule has 0 spiro atoms. The number of benzene rings is 1. The van der Waals surface area contributed by atoms with E-state index in [0.717, 1.165) is 11.8 Å². The minimum Gasteiger partial charge on any atom is -0.465 e. The summed E-state index contributed by atoms with van der Waals surface area (Å²) < 4.78 is 5.08. The van der Waals surface area contributed by atoms with Crippen molar-refractivity contribution < 1.29 is 24.5 Å². The number of ether oxygens (including phenoxy) is 1. The van der Waals surface area contributed by atoms with Crippen molar-refractivity contribution in [3.8, 4) is 0 Å². The molecule has 0 bridgehead atoms. The second kappa shape index (κ2) is 7.78. The van der Waals surface area contributed by atoms with Crippen molar-refractivity contribution in [1.82, 2.24) is 0 Å². The average Bonchev–Trinajstić information content (AvgIpc) is 2.42. The largest absolute Gasteiger partial charge is 0.465 e. The van der Waals surface area contributed by atoms with Gasteiger partial charge in [-0.2, -0.15) is 0 Å². The Labute approximate surface area is 129 Å². The summed E-state index contributed by atoms with van der Waals surface area (Å²) >= 11 is 4.18. The van der Waals surface area contributed by atoms with Gasteiger partial charge < -0.3 is 14.9 Å². The van der Waals surface area contributed by atoms with Crippen LogP contribution in [0, 0.1) is 0 Å². The van der Waals surface area contributed by atoms with E-state index in [1.54, 1.807) is 0 Å². The van der Waals surface area contributed by atoms with E-state index in [0.29, 0.717) is 15.6 Å². The van der Waals surface area contributed by atoms with Crippen molar-refractivity contribution in [2.75, 3.05) is 12.9 Å². The fourth-order valence-corrected chi connectivity index (χ4v) is 2.71. The zero-order chi connectivity index (χ0) is 15.3. The van der Waals surface area contributed by atoms with Crippen LogP contribution in [0.4, 0.5) is 0 Å². The van der Waals surface area contributed by atoms with E-state index >= 15 is 0 Å². The number of halogens is 1. The van der Waals surface area contributed by atoms with Crippen LogP contribution in [0.15, 0.2) is 22.7 Å². The molecule has 2 atom stereocenters. The zero-order valence-corrected chi connectivity index (χ0v) is 13.4. The molecular weight excluding hydrogens is 348 g/mol. The molecule has 0 aromatic heterocycles. The monoisotopic (exact) mass is 362 g/mol. The normalized spacial score (nSPS) is 13.7. The van der Waals surface area contributed by atoms with E-state index < -0.39 is 18.2 Å². The molecule has 20 heavy (non-hydrogen) atoms. The van der Waals surface area contributed by atoms with Crippen LogP contribution in [0.25, 0.3) is 0 Å². The molecule has 0 aliphatic carbocycles. The topological polar surface area (TPSA) is 83.8 Å². The maximum absolute atomic E-state index is 11.4. The highest BCUT2D eigenvalue weighted by Gasteiger charge is 2.22. The van der Waals surface area contributed by atoms with E-state index in [4.69, 9.17) is 0 Å². The van der Waals surface area contributed by atoms with Crippen LogP contribution in [-0.2, 0) is 9.53 Å². The summed E-state index contributed by atoms with van der Waals surface area (Å²) in [4.78, 5) is 22.2. The fourth-order valence-electron chi connectivity index (χ4n) is 1.51. The van der Waals surface area contributed by atoms with E-state index in [9.17, 15) is 19.8 Å². The van der Waals surface area contributed by atoms with Crippen LogP contribution >= 0.6 is 27.7 Å². The summed E-state index contributed by atoms with van der Waals surface area (Å²) in [6, 6.07) is 4.54. The van der Waals surface area contributed by atoms with Crippen molar-refractivity contribution in [2.24, 2.45) is 0 Å². The second-order valence-corrected chi connectivity index (χ2v) is 6.09. The Bertz CT molecular complexity index is 506. The maximum Gasteiger partial charge on any atom is 0.337 e. The van der Waals surface area contributed by atoms with Crippen LogP contribution in [-0.4, -0.2) is 40.3 Å². The molecule has 0 radical (unpaired) electrons. The smallest absolute Gasteiger partial charge is 0.337 e. The molecule has 0 fully saturated rings. The first-order valence-corrected chi connectivity index (χ1v) is 7.52. The third-order valence-corrected chi connectivity index (χ3v) is 4.16. The molecule has 2 N–H and O–H groups in total. The first kappa shape index (κ1) is 17.2. The average molecular weight is 363 g/mol. The molecule has 0 saturated carbocycles. The van der Waals surface area contributed by atoms with Gasteiger partial charge in [-0.3, -0.25) is 4.79 Å². The Balaban J connectivity index is 2.85. The van der Waals surface area contributed by atoms with Crippen molar-refractivity contribution >= 4 is 38.8 Å². The van der Waals surface area contributed by atoms with E-state index in [-0.39, 0.29) is 10.9 Å². The number of carbonyl (C=O) groups is 2. The molecule has 1 rings (SSSR count). The minimum absolute atomic E-state index is 0.0989. The van der Waals surface area contributed by atoms with Crippen molar-refractivity contribution in [3.63, 3.8) is 0 Å². The lowest BCUT2D eigenvalue weighted by Gasteiger charge is -2.19. The predicted molar refractivity (Wildman–Crippen MR) is 79.6 cm³/mol. The fraction of sp³-hybridized carbons (Fsp3) is 0.385. The van der Waals surface area contributed by atoms with Gasteiger partial charge >= 0.3 is 5.97 Å². The lowest BCUT2D eigenvalue weighted by molar-refractivity contribution is -0.109. The molecule has 0 heterocycles. The van der Waals surface area contributed by atoms with Crippen LogP contribution in [0.2, 0.25) is 0 Å². The van der Waals surface area contributed by atoms with Crippen LogP contribution in [0.3, 0.4) is 0 Å². The molecule has 0 aliphatic rings. The van der Waals surface area contributed by atoms with E-state index in [1.165, 1.54) is 32.2 Å². The number of carbonyl (C=O) groups excluding carboxylic acids is 2. The number of methoxy groups -OCH3 is 1. The molecule has 1 aromatic rings. The molecule has 0 amide bonds. The van der Waals surface area contributed by atoms with Crippen molar-refractivity contribution in [3.05, 3.63) is 33.8 Å². The number of esters is 1. The van der Waals surface area contributed by atoms with E-state index in [1.807, 2.05) is 0 Å². The summed E-state index contributed by atoms with van der Waals surface area (Å²) in [6.07, 6.45) is -2.23. The Hall–Kier alpha value is -0.890. The lowest BCUT2D eigenvalue weighted by atomic mass is 10.0. The number of rotatable bonds is 5. The van der Waals surface area contributed by atoms with Crippen LogP contribution in [0.5, 0.6) is 0 Å². The number of aliphatic hydroxyl groups is 2. The summed E-state index contributed by atoms with van der Waals surface area (Å²) in [5.41, 5.74) is 0.775. The van der Waals surface area contributed by atoms with Gasteiger partial charge in [-0.1, -0.05) is 33.8 Å². The van der Waals surface area contributed by atoms with Gasteiger partial charge in [0.15, 0.2) is 5.12 Å². The highest BCUT2D eigenvalue weighted by Crippen LogP contribution is 2.28. The molecule has 110 valence electrons. The Morgan fingerprint density at radius 2 is 2.05 bits per heavy atom. The van der Waals surface area contributed by atoms with Crippen molar-refractivity contribution in [2.45, 2.75) is 19.1 Å². The molecule has 0 saturated heterocycles.